The molecule has 2 rings (SSSR count). The second kappa shape index (κ2) is 7.12. The predicted molar refractivity (Wildman–Crippen MR) is 79.8 cm³/mol. The number of halogens is 3. The van der Waals surface area contributed by atoms with Crippen molar-refractivity contribution >= 4 is 11.8 Å². The highest BCUT2D eigenvalue weighted by Crippen LogP contribution is 2.32. The molecule has 0 saturated heterocycles. The lowest BCUT2D eigenvalue weighted by Crippen LogP contribution is -2.46. The zero-order valence-corrected chi connectivity index (χ0v) is 12.4. The van der Waals surface area contributed by atoms with Crippen molar-refractivity contribution in [3.8, 4) is 0 Å². The third-order valence-corrected chi connectivity index (χ3v) is 3.32. The maximum absolute atomic E-state index is 13.0. The Bertz CT molecular complexity index is 733. The fraction of sp³-hybridized carbons (Fsp3) is 0.188. The highest BCUT2D eigenvalue weighted by Gasteiger charge is 2.34. The molecular weight excluding hydrogens is 323 g/mol. The fourth-order valence-electron chi connectivity index (χ4n) is 2.16. The number of nitrogens with one attached hydrogen (secondary N) is 1. The number of primary amides is 1. The van der Waals surface area contributed by atoms with E-state index in [1.165, 1.54) is 42.7 Å². The molecule has 2 amide bonds. The average molecular weight is 337 g/mol. The summed E-state index contributed by atoms with van der Waals surface area (Å²) in [6.45, 7) is 0. The number of nitrogens with two attached hydrogens (primary N) is 1. The van der Waals surface area contributed by atoms with Crippen molar-refractivity contribution in [2.75, 3.05) is 0 Å². The van der Waals surface area contributed by atoms with Crippen LogP contribution in [0.1, 0.15) is 21.5 Å². The van der Waals surface area contributed by atoms with Crippen LogP contribution in [-0.4, -0.2) is 22.8 Å². The number of nitrogens with zero attached hydrogens (tertiary/aromatic N) is 1. The molecular formula is C16H14F3N3O2. The molecule has 0 fully saturated rings. The number of hydrogen-bond donors (Lipinski definition) is 2. The van der Waals surface area contributed by atoms with Crippen LogP contribution in [0.3, 0.4) is 0 Å². The molecule has 3 N–H and O–H groups in total. The van der Waals surface area contributed by atoms with Gasteiger partial charge in [-0.05, 0) is 23.8 Å². The number of pyridine rings is 1. The molecule has 1 heterocycles. The van der Waals surface area contributed by atoms with E-state index in [9.17, 15) is 22.8 Å². The van der Waals surface area contributed by atoms with Gasteiger partial charge in [0.25, 0.3) is 5.91 Å². The second-order valence-corrected chi connectivity index (χ2v) is 5.03. The van der Waals surface area contributed by atoms with Gasteiger partial charge in [0, 0.05) is 18.8 Å². The summed E-state index contributed by atoms with van der Waals surface area (Å²) in [5.41, 5.74) is 4.40. The van der Waals surface area contributed by atoms with Gasteiger partial charge in [0.15, 0.2) is 0 Å². The number of rotatable bonds is 5. The van der Waals surface area contributed by atoms with E-state index in [0.717, 1.165) is 6.07 Å². The van der Waals surface area contributed by atoms with E-state index in [4.69, 9.17) is 5.73 Å². The molecule has 126 valence electrons. The molecule has 1 atom stereocenters. The molecule has 0 bridgehead atoms. The minimum absolute atomic E-state index is 0.125. The molecule has 1 aromatic heterocycles. The quantitative estimate of drug-likeness (QED) is 0.874. The van der Waals surface area contributed by atoms with Crippen molar-refractivity contribution in [1.82, 2.24) is 10.3 Å². The number of aromatic nitrogens is 1. The highest BCUT2D eigenvalue weighted by molar-refractivity contribution is 5.97. The van der Waals surface area contributed by atoms with Crippen molar-refractivity contribution in [2.45, 2.75) is 18.6 Å². The first kappa shape index (κ1) is 17.5. The molecule has 5 nitrogen and oxygen atoms in total. The average Bonchev–Trinajstić information content (AvgIpc) is 2.54. The van der Waals surface area contributed by atoms with Gasteiger partial charge in [-0.15, -0.1) is 0 Å². The molecule has 0 unspecified atom stereocenters. The largest absolute Gasteiger partial charge is 0.416 e. The standard InChI is InChI=1S/C16H14F3N3O2/c17-16(18,19)12-6-2-1-4-10(12)8-13(14(20)23)22-15(24)11-5-3-7-21-9-11/h1-7,9,13H,8H2,(H2,20,23)(H,22,24)/t13-/m0/s1. The van der Waals surface area contributed by atoms with Crippen LogP contribution in [0.25, 0.3) is 0 Å². The van der Waals surface area contributed by atoms with Gasteiger partial charge in [-0.25, -0.2) is 0 Å². The van der Waals surface area contributed by atoms with Gasteiger partial charge in [0.05, 0.1) is 11.1 Å². The summed E-state index contributed by atoms with van der Waals surface area (Å²) in [4.78, 5) is 27.4. The number of alkyl halides is 3. The number of carbonyl (C=O) groups is 2. The normalized spacial score (nSPS) is 12.5. The van der Waals surface area contributed by atoms with Gasteiger partial charge >= 0.3 is 6.18 Å². The Balaban J connectivity index is 2.22. The Morgan fingerprint density at radius 1 is 1.17 bits per heavy atom. The Morgan fingerprint density at radius 3 is 2.46 bits per heavy atom. The van der Waals surface area contributed by atoms with Crippen LogP contribution in [0, 0.1) is 0 Å². The minimum atomic E-state index is -4.56. The number of hydrogen-bond acceptors (Lipinski definition) is 3. The number of amides is 2. The summed E-state index contributed by atoms with van der Waals surface area (Å²) in [5.74, 6) is -1.57. The van der Waals surface area contributed by atoms with Crippen molar-refractivity contribution in [2.24, 2.45) is 5.73 Å². The summed E-state index contributed by atoms with van der Waals surface area (Å²) < 4.78 is 39.0. The van der Waals surface area contributed by atoms with Gasteiger partial charge in [0.1, 0.15) is 6.04 Å². The lowest BCUT2D eigenvalue weighted by molar-refractivity contribution is -0.138. The van der Waals surface area contributed by atoms with Crippen molar-refractivity contribution in [1.29, 1.82) is 0 Å². The zero-order valence-electron chi connectivity index (χ0n) is 12.4. The van der Waals surface area contributed by atoms with Gasteiger partial charge in [-0.1, -0.05) is 18.2 Å². The molecule has 0 aliphatic rings. The third kappa shape index (κ3) is 4.31. The van der Waals surface area contributed by atoms with E-state index in [1.54, 1.807) is 0 Å². The molecule has 8 heteroatoms. The first-order valence-corrected chi connectivity index (χ1v) is 6.94. The van der Waals surface area contributed by atoms with Crippen LogP contribution in [0.15, 0.2) is 48.8 Å². The SMILES string of the molecule is NC(=O)[C@H](Cc1ccccc1C(F)(F)F)NC(=O)c1cccnc1. The van der Waals surface area contributed by atoms with Gasteiger partial charge in [-0.2, -0.15) is 13.2 Å². The minimum Gasteiger partial charge on any atom is -0.368 e. The fourth-order valence-corrected chi connectivity index (χ4v) is 2.16. The molecule has 2 aromatic rings. The maximum atomic E-state index is 13.0. The van der Waals surface area contributed by atoms with Crippen LogP contribution >= 0.6 is 0 Å². The number of carbonyl (C=O) groups excluding carboxylic acids is 2. The second-order valence-electron chi connectivity index (χ2n) is 5.03. The van der Waals surface area contributed by atoms with Gasteiger partial charge in [0.2, 0.25) is 5.91 Å². The Labute approximate surface area is 135 Å². The van der Waals surface area contributed by atoms with Crippen LogP contribution in [0.2, 0.25) is 0 Å². The third-order valence-electron chi connectivity index (χ3n) is 3.32. The van der Waals surface area contributed by atoms with Crippen molar-refractivity contribution in [3.63, 3.8) is 0 Å². The zero-order chi connectivity index (χ0) is 17.7. The topological polar surface area (TPSA) is 85.1 Å². The van der Waals surface area contributed by atoms with Gasteiger partial charge in [-0.3, -0.25) is 14.6 Å². The molecule has 0 radical (unpaired) electrons. The smallest absolute Gasteiger partial charge is 0.368 e. The van der Waals surface area contributed by atoms with E-state index in [0.29, 0.717) is 0 Å². The maximum Gasteiger partial charge on any atom is 0.416 e. The lowest BCUT2D eigenvalue weighted by atomic mass is 9.99. The van der Waals surface area contributed by atoms with Crippen molar-refractivity contribution < 1.29 is 22.8 Å². The summed E-state index contributed by atoms with van der Waals surface area (Å²) in [6, 6.07) is 6.54. The molecule has 24 heavy (non-hydrogen) atoms. The van der Waals surface area contributed by atoms with E-state index < -0.39 is 29.6 Å². The Hall–Kier alpha value is -2.90. The first-order chi connectivity index (χ1) is 11.3. The van der Waals surface area contributed by atoms with Crippen LogP contribution < -0.4 is 11.1 Å². The molecule has 0 aliphatic carbocycles. The molecule has 1 aromatic carbocycles. The van der Waals surface area contributed by atoms with Crippen molar-refractivity contribution in [3.05, 3.63) is 65.5 Å². The Morgan fingerprint density at radius 2 is 1.88 bits per heavy atom. The highest BCUT2D eigenvalue weighted by atomic mass is 19.4. The molecule has 0 aliphatic heterocycles. The molecule has 0 saturated carbocycles. The van der Waals surface area contributed by atoms with E-state index in [-0.39, 0.29) is 17.5 Å². The molecule has 0 spiro atoms. The monoisotopic (exact) mass is 337 g/mol. The van der Waals surface area contributed by atoms with Gasteiger partial charge < -0.3 is 11.1 Å². The summed E-state index contributed by atoms with van der Waals surface area (Å²) in [6.07, 6.45) is -2.19. The summed E-state index contributed by atoms with van der Waals surface area (Å²) in [7, 11) is 0. The Kier molecular flexibility index (Phi) is 5.18. The van der Waals surface area contributed by atoms with Crippen LogP contribution in [-0.2, 0) is 17.4 Å². The summed E-state index contributed by atoms with van der Waals surface area (Å²) >= 11 is 0. The summed E-state index contributed by atoms with van der Waals surface area (Å²) in [5, 5.41) is 2.34. The first-order valence-electron chi connectivity index (χ1n) is 6.94. The van der Waals surface area contributed by atoms with Crippen LogP contribution in [0.5, 0.6) is 0 Å². The predicted octanol–water partition coefficient (Wildman–Crippen LogP) is 1.93. The number of benzene rings is 1. The lowest BCUT2D eigenvalue weighted by Gasteiger charge is -2.18. The van der Waals surface area contributed by atoms with E-state index in [2.05, 4.69) is 10.3 Å². The van der Waals surface area contributed by atoms with E-state index >= 15 is 0 Å². The van der Waals surface area contributed by atoms with Crippen LogP contribution in [0.4, 0.5) is 13.2 Å². The van der Waals surface area contributed by atoms with E-state index in [1.807, 2.05) is 0 Å².